The lowest BCUT2D eigenvalue weighted by Gasteiger charge is -2.27. The molecular weight excluding hydrogens is 514 g/mol. The van der Waals surface area contributed by atoms with Gasteiger partial charge in [-0.1, -0.05) is 6.42 Å². The van der Waals surface area contributed by atoms with Crippen LogP contribution in [0.4, 0.5) is 17.1 Å². The maximum atomic E-state index is 13.6. The Morgan fingerprint density at radius 2 is 1.95 bits per heavy atom. The average Bonchev–Trinajstić information content (AvgIpc) is 3.56. The zero-order valence-electron chi connectivity index (χ0n) is 22.8. The summed E-state index contributed by atoms with van der Waals surface area (Å²) in [5.74, 6) is 1.72. The van der Waals surface area contributed by atoms with Gasteiger partial charge in [-0.3, -0.25) is 14.0 Å². The normalized spacial score (nSPS) is 22.6. The third kappa shape index (κ3) is 5.15. The zero-order chi connectivity index (χ0) is 27.3. The number of rotatable bonds is 2. The molecule has 6 rings (SSSR count). The second kappa shape index (κ2) is 9.78. The molecule has 0 saturated heterocycles. The number of aromatic nitrogens is 3. The second-order valence-corrected chi connectivity index (χ2v) is 14.1. The molecular formula is C28H35N7O3S. The number of carbonyl (C=O) groups excluding carboxylic acids is 1. The van der Waals surface area contributed by atoms with E-state index in [1.807, 2.05) is 32.2 Å². The molecule has 0 radical (unpaired) electrons. The van der Waals surface area contributed by atoms with Crippen LogP contribution in [0.25, 0.3) is 11.3 Å². The van der Waals surface area contributed by atoms with Crippen molar-refractivity contribution in [2.24, 2.45) is 23.9 Å². The molecule has 3 aromatic rings. The van der Waals surface area contributed by atoms with E-state index < -0.39 is 10.1 Å². The molecule has 10 nitrogen and oxygen atoms in total. The van der Waals surface area contributed by atoms with Gasteiger partial charge in [0.05, 0.1) is 35.4 Å². The van der Waals surface area contributed by atoms with Crippen LogP contribution in [0.15, 0.2) is 41.5 Å². The fourth-order valence-electron chi connectivity index (χ4n) is 5.96. The molecule has 2 bridgehead atoms. The summed E-state index contributed by atoms with van der Waals surface area (Å²) in [6, 6.07) is 9.36. The molecule has 1 aliphatic carbocycles. The van der Waals surface area contributed by atoms with Gasteiger partial charge in [0.25, 0.3) is 5.91 Å². The van der Waals surface area contributed by atoms with E-state index in [0.29, 0.717) is 47.2 Å². The van der Waals surface area contributed by atoms with Gasteiger partial charge in [0, 0.05) is 43.0 Å². The van der Waals surface area contributed by atoms with E-state index in [-0.39, 0.29) is 5.91 Å². The molecule has 1 fully saturated rings. The monoisotopic (exact) mass is 549 g/mol. The number of benzene rings is 1. The fourth-order valence-corrected chi connectivity index (χ4v) is 6.72. The Labute approximate surface area is 229 Å². The third-order valence-corrected chi connectivity index (χ3v) is 8.51. The lowest BCUT2D eigenvalue weighted by Crippen LogP contribution is -2.37. The summed E-state index contributed by atoms with van der Waals surface area (Å²) in [6.45, 7) is 3.18. The summed E-state index contributed by atoms with van der Waals surface area (Å²) in [4.78, 5) is 25.0. The number of hydrogen-bond acceptors (Lipinski definition) is 7. The van der Waals surface area contributed by atoms with Crippen LogP contribution in [0.2, 0.25) is 0 Å². The largest absolute Gasteiger partial charge is 0.477 e. The van der Waals surface area contributed by atoms with Crippen molar-refractivity contribution in [3.8, 4) is 17.1 Å². The first kappa shape index (κ1) is 25.5. The van der Waals surface area contributed by atoms with Gasteiger partial charge < -0.3 is 19.7 Å². The van der Waals surface area contributed by atoms with Crippen molar-refractivity contribution < 1.29 is 13.7 Å². The molecule has 0 spiro atoms. The molecule has 11 heteroatoms. The standard InChI is InChI=1S/C28H35N7O3S/c1-17-12-20-13-24(30-17)22-15-29-34(2)27(22)38-11-10-18-6-5-7-19(18)16-35-25-14-21(33-39(3,4)37)8-9-23(25)31-28(35)32-26(20)36/h8-9,12-15,18-19,39H,5-7,10-11,16H2,1-4H3,(H,33,37)(H,31,32,36)/t18-,19+/m1/s1. The molecule has 4 heterocycles. The van der Waals surface area contributed by atoms with Crippen LogP contribution < -0.4 is 19.7 Å². The quantitative estimate of drug-likeness (QED) is 0.414. The van der Waals surface area contributed by atoms with Crippen molar-refractivity contribution in [1.29, 1.82) is 0 Å². The Morgan fingerprint density at radius 3 is 2.77 bits per heavy atom. The number of carbonyl (C=O) groups is 1. The zero-order valence-corrected chi connectivity index (χ0v) is 23.7. The van der Waals surface area contributed by atoms with E-state index in [1.54, 1.807) is 35.5 Å². The number of nitrogens with one attached hydrogen (secondary N) is 2. The van der Waals surface area contributed by atoms with E-state index in [1.165, 1.54) is 0 Å². The highest BCUT2D eigenvalue weighted by Crippen LogP contribution is 2.41. The maximum Gasteiger partial charge on any atom is 0.280 e. The molecule has 2 atom stereocenters. The smallest absolute Gasteiger partial charge is 0.280 e. The van der Waals surface area contributed by atoms with E-state index in [0.717, 1.165) is 54.9 Å². The molecule has 39 heavy (non-hydrogen) atoms. The van der Waals surface area contributed by atoms with Crippen LogP contribution in [0, 0.1) is 18.8 Å². The van der Waals surface area contributed by atoms with Crippen molar-refractivity contribution >= 4 is 39.0 Å². The summed E-state index contributed by atoms with van der Waals surface area (Å²) in [7, 11) is -0.631. The summed E-state index contributed by atoms with van der Waals surface area (Å²) >= 11 is 0. The summed E-state index contributed by atoms with van der Waals surface area (Å²) in [5, 5.41) is 7.78. The molecule has 2 aliphatic heterocycles. The topological polar surface area (TPSA) is 114 Å². The van der Waals surface area contributed by atoms with Crippen molar-refractivity contribution in [1.82, 2.24) is 14.8 Å². The predicted octanol–water partition coefficient (Wildman–Crippen LogP) is 4.02. The van der Waals surface area contributed by atoms with Crippen molar-refractivity contribution in [3.63, 3.8) is 0 Å². The number of ether oxygens (including phenoxy) is 1. The summed E-state index contributed by atoms with van der Waals surface area (Å²) < 4.78 is 23.6. The van der Waals surface area contributed by atoms with Gasteiger partial charge in [-0.2, -0.15) is 10.1 Å². The minimum atomic E-state index is -2.49. The number of fused-ring (bicyclic) bond motifs is 8. The Hall–Kier alpha value is -3.73. The van der Waals surface area contributed by atoms with Crippen LogP contribution in [-0.2, 0) is 17.2 Å². The van der Waals surface area contributed by atoms with Crippen LogP contribution >= 0.6 is 0 Å². The second-order valence-electron chi connectivity index (χ2n) is 11.1. The molecule has 206 valence electrons. The number of nitrogens with zero attached hydrogens (tertiary/aromatic N) is 5. The molecule has 3 aliphatic rings. The first-order valence-corrected chi connectivity index (χ1v) is 16.0. The molecule has 1 aromatic carbocycles. The number of thiol groups is 1. The third-order valence-electron chi connectivity index (χ3n) is 7.72. The van der Waals surface area contributed by atoms with E-state index in [9.17, 15) is 9.00 Å². The summed E-state index contributed by atoms with van der Waals surface area (Å²) in [5.41, 5.74) is 5.14. The lowest BCUT2D eigenvalue weighted by molar-refractivity contribution is 0.100. The van der Waals surface area contributed by atoms with E-state index >= 15 is 0 Å². The van der Waals surface area contributed by atoms with Crippen LogP contribution in [-0.4, -0.2) is 56.5 Å². The lowest BCUT2D eigenvalue weighted by atomic mass is 9.92. The SMILES string of the molecule is Cc1cc2cc(n1)-c1cnn(C)c1OCC[C@H]1CCC[C@H]1CN1/C(=N/C2=O)Nc2ccc(N[SH](C)(C)=O)cc21. The van der Waals surface area contributed by atoms with Crippen molar-refractivity contribution in [2.75, 3.05) is 40.6 Å². The van der Waals surface area contributed by atoms with Gasteiger partial charge in [-0.25, -0.2) is 4.68 Å². The first-order chi connectivity index (χ1) is 18.6. The highest BCUT2D eigenvalue weighted by molar-refractivity contribution is 8.02. The number of anilines is 3. The van der Waals surface area contributed by atoms with Crippen LogP contribution in [0.5, 0.6) is 5.88 Å². The highest BCUT2D eigenvalue weighted by atomic mass is 32.3. The molecule has 1 amide bonds. The Bertz CT molecular complexity index is 1530. The van der Waals surface area contributed by atoms with Gasteiger partial charge in [-0.05, 0) is 78.5 Å². The van der Waals surface area contributed by atoms with Gasteiger partial charge in [0.2, 0.25) is 11.8 Å². The number of guanidine groups is 1. The van der Waals surface area contributed by atoms with Crippen molar-refractivity contribution in [2.45, 2.75) is 32.6 Å². The average molecular weight is 550 g/mol. The van der Waals surface area contributed by atoms with Crippen LogP contribution in [0.3, 0.4) is 0 Å². The Morgan fingerprint density at radius 1 is 1.13 bits per heavy atom. The molecule has 2 N–H and O–H groups in total. The van der Waals surface area contributed by atoms with E-state index in [2.05, 4.69) is 30.0 Å². The first-order valence-electron chi connectivity index (χ1n) is 13.4. The van der Waals surface area contributed by atoms with E-state index in [4.69, 9.17) is 4.74 Å². The molecule has 2 aromatic heterocycles. The van der Waals surface area contributed by atoms with Crippen LogP contribution in [0.1, 0.15) is 41.7 Å². The molecule has 0 unspecified atom stereocenters. The maximum absolute atomic E-state index is 13.6. The number of aliphatic imine (C=N–C) groups is 1. The van der Waals surface area contributed by atoms with Gasteiger partial charge in [0.1, 0.15) is 0 Å². The number of amides is 1. The Balaban J connectivity index is 1.44. The molecule has 1 saturated carbocycles. The highest BCUT2D eigenvalue weighted by Gasteiger charge is 2.34. The van der Waals surface area contributed by atoms with Crippen molar-refractivity contribution in [3.05, 3.63) is 47.8 Å². The minimum Gasteiger partial charge on any atom is -0.477 e. The predicted molar refractivity (Wildman–Crippen MR) is 156 cm³/mol. The minimum absolute atomic E-state index is 0.351. The van der Waals surface area contributed by atoms with Gasteiger partial charge in [0.15, 0.2) is 0 Å². The van der Waals surface area contributed by atoms with Gasteiger partial charge >= 0.3 is 0 Å². The fraction of sp³-hybridized carbons (Fsp3) is 0.429. The number of hydrogen-bond donors (Lipinski definition) is 3. The summed E-state index contributed by atoms with van der Waals surface area (Å²) in [6.07, 6.45) is 9.49. The number of pyridine rings is 1. The van der Waals surface area contributed by atoms with Gasteiger partial charge in [-0.15, -0.1) is 0 Å². The number of aryl methyl sites for hydroxylation is 2. The Kier molecular flexibility index (Phi) is 6.41.